The first-order chi connectivity index (χ1) is 8.76. The quantitative estimate of drug-likeness (QED) is 0.751. The first-order valence-corrected chi connectivity index (χ1v) is 7.83. The van der Waals surface area contributed by atoms with Crippen molar-refractivity contribution >= 4 is 0 Å². The lowest BCUT2D eigenvalue weighted by molar-refractivity contribution is 0.00847. The Balaban J connectivity index is 2.48. The predicted molar refractivity (Wildman–Crippen MR) is 82.6 cm³/mol. The number of hydrogen-bond donors (Lipinski definition) is 1. The summed E-state index contributed by atoms with van der Waals surface area (Å²) < 4.78 is 5.74. The maximum atomic E-state index is 5.74. The van der Waals surface area contributed by atoms with Crippen LogP contribution in [0.5, 0.6) is 0 Å². The summed E-state index contributed by atoms with van der Waals surface area (Å²) in [4.78, 5) is 2.61. The summed E-state index contributed by atoms with van der Waals surface area (Å²) in [6.07, 6.45) is 2.39. The van der Waals surface area contributed by atoms with E-state index in [4.69, 9.17) is 4.74 Å². The molecule has 0 spiro atoms. The zero-order valence-electron chi connectivity index (χ0n) is 13.9. The molecule has 1 unspecified atom stereocenters. The molecule has 3 heteroatoms. The number of nitrogens with zero attached hydrogens (tertiary/aromatic N) is 1. The van der Waals surface area contributed by atoms with Gasteiger partial charge in [-0.3, -0.25) is 4.90 Å². The third-order valence-corrected chi connectivity index (χ3v) is 3.98. The van der Waals surface area contributed by atoms with E-state index in [2.05, 4.69) is 51.8 Å². The topological polar surface area (TPSA) is 24.5 Å². The Kier molecular flexibility index (Phi) is 6.28. The summed E-state index contributed by atoms with van der Waals surface area (Å²) in [6.45, 7) is 18.8. The van der Waals surface area contributed by atoms with Crippen LogP contribution in [0.25, 0.3) is 0 Å². The molecule has 1 aliphatic heterocycles. The molecule has 1 saturated heterocycles. The van der Waals surface area contributed by atoms with Crippen molar-refractivity contribution in [3.05, 3.63) is 0 Å². The lowest BCUT2D eigenvalue weighted by atomic mass is 9.82. The van der Waals surface area contributed by atoms with Crippen LogP contribution in [0.2, 0.25) is 0 Å². The molecular weight excluding hydrogens is 236 g/mol. The Labute approximate surface area is 120 Å². The molecule has 1 N–H and O–H groups in total. The molecule has 1 heterocycles. The molecule has 1 rings (SSSR count). The molecule has 1 fully saturated rings. The van der Waals surface area contributed by atoms with Gasteiger partial charge in [-0.2, -0.15) is 0 Å². The van der Waals surface area contributed by atoms with Gasteiger partial charge in [-0.25, -0.2) is 0 Å². The van der Waals surface area contributed by atoms with Gasteiger partial charge in [0, 0.05) is 37.8 Å². The van der Waals surface area contributed by atoms with Crippen molar-refractivity contribution in [2.24, 2.45) is 5.41 Å². The molecule has 0 aromatic carbocycles. The van der Waals surface area contributed by atoms with Gasteiger partial charge in [0.15, 0.2) is 0 Å². The van der Waals surface area contributed by atoms with E-state index < -0.39 is 0 Å². The van der Waals surface area contributed by atoms with E-state index in [1.807, 2.05) is 0 Å². The highest BCUT2D eigenvalue weighted by atomic mass is 16.5. The highest BCUT2D eigenvalue weighted by Crippen LogP contribution is 2.28. The maximum absolute atomic E-state index is 5.74. The molecule has 0 radical (unpaired) electrons. The van der Waals surface area contributed by atoms with E-state index in [-0.39, 0.29) is 5.54 Å². The zero-order valence-corrected chi connectivity index (χ0v) is 13.9. The van der Waals surface area contributed by atoms with Crippen LogP contribution < -0.4 is 5.32 Å². The van der Waals surface area contributed by atoms with E-state index in [1.54, 1.807) is 0 Å². The number of rotatable bonds is 6. The summed E-state index contributed by atoms with van der Waals surface area (Å²) in [5.74, 6) is 0. The van der Waals surface area contributed by atoms with Crippen molar-refractivity contribution in [3.63, 3.8) is 0 Å². The minimum atomic E-state index is 0.213. The van der Waals surface area contributed by atoms with Gasteiger partial charge in [-0.1, -0.05) is 34.1 Å². The van der Waals surface area contributed by atoms with Crippen LogP contribution in [-0.2, 0) is 4.74 Å². The summed E-state index contributed by atoms with van der Waals surface area (Å²) >= 11 is 0. The van der Waals surface area contributed by atoms with E-state index in [0.29, 0.717) is 11.5 Å². The SMILES string of the molecule is CCCCOCCN1CC(C)(C)NCC1C(C)(C)C. The van der Waals surface area contributed by atoms with Crippen LogP contribution in [0.1, 0.15) is 54.4 Å². The second kappa shape index (κ2) is 7.05. The molecule has 114 valence electrons. The number of hydrogen-bond acceptors (Lipinski definition) is 3. The van der Waals surface area contributed by atoms with Crippen molar-refractivity contribution in [3.8, 4) is 0 Å². The van der Waals surface area contributed by atoms with Crippen molar-refractivity contribution in [1.29, 1.82) is 0 Å². The maximum Gasteiger partial charge on any atom is 0.0593 e. The van der Waals surface area contributed by atoms with Crippen LogP contribution in [-0.4, -0.2) is 49.3 Å². The molecule has 0 bridgehead atoms. The van der Waals surface area contributed by atoms with Gasteiger partial charge < -0.3 is 10.1 Å². The Morgan fingerprint density at radius 2 is 1.95 bits per heavy atom. The van der Waals surface area contributed by atoms with Crippen LogP contribution in [0, 0.1) is 5.41 Å². The van der Waals surface area contributed by atoms with E-state index >= 15 is 0 Å². The van der Waals surface area contributed by atoms with Gasteiger partial charge in [-0.05, 0) is 25.7 Å². The fraction of sp³-hybridized carbons (Fsp3) is 1.00. The minimum absolute atomic E-state index is 0.213. The van der Waals surface area contributed by atoms with E-state index in [0.717, 1.165) is 32.8 Å². The van der Waals surface area contributed by atoms with Crippen LogP contribution in [0.3, 0.4) is 0 Å². The lowest BCUT2D eigenvalue weighted by Crippen LogP contribution is -2.65. The molecule has 0 aromatic heterocycles. The summed E-state index contributed by atoms with van der Waals surface area (Å²) in [7, 11) is 0. The second-order valence-corrected chi connectivity index (χ2v) is 7.58. The van der Waals surface area contributed by atoms with Gasteiger partial charge in [-0.15, -0.1) is 0 Å². The highest BCUT2D eigenvalue weighted by molar-refractivity contribution is 4.96. The predicted octanol–water partition coefficient (Wildman–Crippen LogP) is 2.90. The second-order valence-electron chi connectivity index (χ2n) is 7.58. The van der Waals surface area contributed by atoms with Crippen LogP contribution in [0.15, 0.2) is 0 Å². The van der Waals surface area contributed by atoms with Crippen LogP contribution >= 0.6 is 0 Å². The third kappa shape index (κ3) is 5.80. The number of nitrogens with one attached hydrogen (secondary N) is 1. The van der Waals surface area contributed by atoms with Gasteiger partial charge in [0.05, 0.1) is 6.61 Å². The fourth-order valence-corrected chi connectivity index (χ4v) is 2.79. The van der Waals surface area contributed by atoms with Gasteiger partial charge >= 0.3 is 0 Å². The number of piperazine rings is 1. The third-order valence-electron chi connectivity index (χ3n) is 3.98. The Hall–Kier alpha value is -0.120. The van der Waals surface area contributed by atoms with Crippen molar-refractivity contribution in [2.75, 3.05) is 32.8 Å². The average molecular weight is 270 g/mol. The Morgan fingerprint density at radius 3 is 2.53 bits per heavy atom. The average Bonchev–Trinajstić information content (AvgIpc) is 2.26. The minimum Gasteiger partial charge on any atom is -0.380 e. The number of unbranched alkanes of at least 4 members (excludes halogenated alkanes) is 1. The molecule has 0 aliphatic carbocycles. The first kappa shape index (κ1) is 16.9. The molecular formula is C16H34N2O. The Morgan fingerprint density at radius 1 is 1.26 bits per heavy atom. The molecule has 0 amide bonds. The summed E-state index contributed by atoms with van der Waals surface area (Å²) in [5, 5.41) is 3.67. The largest absolute Gasteiger partial charge is 0.380 e. The van der Waals surface area contributed by atoms with Gasteiger partial charge in [0.25, 0.3) is 0 Å². The molecule has 3 nitrogen and oxygen atoms in total. The van der Waals surface area contributed by atoms with Crippen LogP contribution in [0.4, 0.5) is 0 Å². The molecule has 1 atom stereocenters. The van der Waals surface area contributed by atoms with Gasteiger partial charge in [0.1, 0.15) is 0 Å². The van der Waals surface area contributed by atoms with Crippen molar-refractivity contribution < 1.29 is 4.74 Å². The Bertz CT molecular complexity index is 258. The monoisotopic (exact) mass is 270 g/mol. The fourth-order valence-electron chi connectivity index (χ4n) is 2.79. The van der Waals surface area contributed by atoms with Crippen molar-refractivity contribution in [2.45, 2.75) is 66.0 Å². The first-order valence-electron chi connectivity index (χ1n) is 7.83. The molecule has 19 heavy (non-hydrogen) atoms. The zero-order chi connectivity index (χ0) is 14.5. The van der Waals surface area contributed by atoms with Gasteiger partial charge in [0.2, 0.25) is 0 Å². The molecule has 0 saturated carbocycles. The van der Waals surface area contributed by atoms with Crippen molar-refractivity contribution in [1.82, 2.24) is 10.2 Å². The summed E-state index contributed by atoms with van der Waals surface area (Å²) in [5.41, 5.74) is 0.526. The lowest BCUT2D eigenvalue weighted by Gasteiger charge is -2.49. The normalized spacial score (nSPS) is 24.6. The number of ether oxygens (including phenoxy) is 1. The summed E-state index contributed by atoms with van der Waals surface area (Å²) in [6, 6.07) is 0.593. The standard InChI is InChI=1S/C16H34N2O/c1-7-8-10-19-11-9-18-13-16(5,6)17-12-14(18)15(2,3)4/h14,17H,7-13H2,1-6H3. The molecule has 0 aromatic rings. The van der Waals surface area contributed by atoms with E-state index in [1.165, 1.54) is 12.8 Å². The van der Waals surface area contributed by atoms with E-state index in [9.17, 15) is 0 Å². The smallest absolute Gasteiger partial charge is 0.0593 e. The highest BCUT2D eigenvalue weighted by Gasteiger charge is 2.37. The molecule has 1 aliphatic rings.